The van der Waals surface area contributed by atoms with Gasteiger partial charge >= 0.3 is 6.09 Å². The number of likely N-dealkylation sites (tertiary alicyclic amines) is 2. The first-order valence-electron chi connectivity index (χ1n) is 17.8. The molecule has 0 saturated carbocycles. The third-order valence-electron chi connectivity index (χ3n) is 9.88. The quantitative estimate of drug-likeness (QED) is 0.353. The lowest BCUT2D eigenvalue weighted by Gasteiger charge is -2.40. The highest BCUT2D eigenvalue weighted by Gasteiger charge is 2.34. The number of hydrogen-bond acceptors (Lipinski definition) is 7. The van der Waals surface area contributed by atoms with Gasteiger partial charge in [0.1, 0.15) is 5.60 Å². The van der Waals surface area contributed by atoms with Crippen molar-refractivity contribution >= 4 is 27.7 Å². The van der Waals surface area contributed by atoms with E-state index in [2.05, 4.69) is 30.6 Å². The number of sulfonamides is 1. The minimum Gasteiger partial charge on any atom is -0.444 e. The zero-order valence-electron chi connectivity index (χ0n) is 30.0. The van der Waals surface area contributed by atoms with E-state index in [1.807, 2.05) is 48.6 Å². The van der Waals surface area contributed by atoms with Crippen LogP contribution in [0.4, 0.5) is 4.79 Å². The number of aliphatic hydroxyl groups excluding tert-OH is 1. The second-order valence-corrected chi connectivity index (χ2v) is 17.9. The topological polar surface area (TPSA) is 108 Å². The van der Waals surface area contributed by atoms with E-state index in [1.54, 1.807) is 0 Å². The lowest BCUT2D eigenvalue weighted by molar-refractivity contribution is 0.0123. The van der Waals surface area contributed by atoms with Crippen molar-refractivity contribution in [1.82, 2.24) is 23.9 Å². The fourth-order valence-corrected chi connectivity index (χ4v) is 8.24. The van der Waals surface area contributed by atoms with Gasteiger partial charge in [-0.25, -0.2) is 13.2 Å². The van der Waals surface area contributed by atoms with Crippen LogP contribution >= 0.6 is 11.6 Å². The van der Waals surface area contributed by atoms with Crippen LogP contribution in [0.15, 0.2) is 18.2 Å². The van der Waals surface area contributed by atoms with Gasteiger partial charge in [-0.05, 0) is 89.4 Å². The maximum Gasteiger partial charge on any atom is 0.410 e. The third-order valence-corrected chi connectivity index (χ3v) is 11.5. The Hall–Kier alpha value is -2.62. The standard InChI is InChI=1S/C37H54ClN5O5S/c1-26(2)8-7-9-29-22-30(10-11-33(29)38)35-32-25-42(49(6,46)47)21-16-34(32)43(39-35)24-31(44)23-40-17-12-27(13-18-40)28-14-19-41(20-15-28)36(45)48-37(3,4)5/h10-11,22,26-28,31,44H,8,12-21,23-25H2,1-6H3/t31-/m0/s1. The Morgan fingerprint density at radius 2 is 1.71 bits per heavy atom. The number of hydrogen-bond donors (Lipinski definition) is 1. The molecule has 12 heteroatoms. The summed E-state index contributed by atoms with van der Waals surface area (Å²) in [4.78, 5) is 16.7. The van der Waals surface area contributed by atoms with Gasteiger partial charge in [-0.15, -0.1) is 0 Å². The highest BCUT2D eigenvalue weighted by molar-refractivity contribution is 7.88. The van der Waals surface area contributed by atoms with Gasteiger partial charge in [0.2, 0.25) is 10.0 Å². The number of fused-ring (bicyclic) bond motifs is 1. The Morgan fingerprint density at radius 3 is 2.33 bits per heavy atom. The Balaban J connectivity index is 1.22. The summed E-state index contributed by atoms with van der Waals surface area (Å²) >= 11 is 6.51. The van der Waals surface area contributed by atoms with Crippen LogP contribution < -0.4 is 0 Å². The van der Waals surface area contributed by atoms with Gasteiger partial charge in [-0.2, -0.15) is 9.40 Å². The van der Waals surface area contributed by atoms with Gasteiger partial charge in [-0.3, -0.25) is 4.68 Å². The number of amides is 1. The minimum atomic E-state index is -3.39. The molecule has 270 valence electrons. The third kappa shape index (κ3) is 10.0. The van der Waals surface area contributed by atoms with Gasteiger partial charge in [-0.1, -0.05) is 43.4 Å². The molecule has 10 nitrogen and oxygen atoms in total. The fourth-order valence-electron chi connectivity index (χ4n) is 7.29. The van der Waals surface area contributed by atoms with Gasteiger partial charge in [0.25, 0.3) is 0 Å². The van der Waals surface area contributed by atoms with E-state index < -0.39 is 21.7 Å². The van der Waals surface area contributed by atoms with E-state index in [0.717, 1.165) is 80.7 Å². The molecule has 1 amide bonds. The predicted octanol–water partition coefficient (Wildman–Crippen LogP) is 5.64. The highest BCUT2D eigenvalue weighted by Crippen LogP contribution is 2.35. The lowest BCUT2D eigenvalue weighted by atomic mass is 9.79. The monoisotopic (exact) mass is 715 g/mol. The molecule has 49 heavy (non-hydrogen) atoms. The van der Waals surface area contributed by atoms with Gasteiger partial charge in [0.05, 0.1) is 29.6 Å². The first kappa shape index (κ1) is 37.6. The molecule has 1 atom stereocenters. The predicted molar refractivity (Wildman–Crippen MR) is 194 cm³/mol. The molecular formula is C37H54ClN5O5S. The van der Waals surface area contributed by atoms with Crippen molar-refractivity contribution in [3.05, 3.63) is 40.0 Å². The van der Waals surface area contributed by atoms with Crippen molar-refractivity contribution in [2.45, 2.75) is 97.9 Å². The molecule has 0 aliphatic carbocycles. The molecule has 5 rings (SSSR count). The van der Waals surface area contributed by atoms with Crippen LogP contribution in [-0.4, -0.2) is 101 Å². The maximum atomic E-state index is 12.5. The number of carbonyl (C=O) groups is 1. The Bertz CT molecular complexity index is 1640. The van der Waals surface area contributed by atoms with Crippen LogP contribution in [0.2, 0.25) is 5.02 Å². The molecule has 0 spiro atoms. The van der Waals surface area contributed by atoms with Crippen molar-refractivity contribution in [3.63, 3.8) is 0 Å². The van der Waals surface area contributed by atoms with Gasteiger partial charge < -0.3 is 19.6 Å². The number of piperidine rings is 2. The number of aliphatic hydroxyl groups is 1. The molecule has 2 aromatic rings. The zero-order chi connectivity index (χ0) is 35.5. The largest absolute Gasteiger partial charge is 0.444 e. The lowest BCUT2D eigenvalue weighted by Crippen LogP contribution is -2.45. The Morgan fingerprint density at radius 1 is 1.06 bits per heavy atom. The Labute approximate surface area is 298 Å². The number of benzene rings is 1. The average Bonchev–Trinajstić information content (AvgIpc) is 3.38. The number of halogens is 1. The molecule has 2 fully saturated rings. The summed E-state index contributed by atoms with van der Waals surface area (Å²) in [5.41, 5.74) is 3.61. The minimum absolute atomic E-state index is 0.211. The molecule has 0 radical (unpaired) electrons. The first-order chi connectivity index (χ1) is 23.1. The summed E-state index contributed by atoms with van der Waals surface area (Å²) in [6, 6.07) is 5.66. The molecule has 2 saturated heterocycles. The molecule has 3 aliphatic rings. The van der Waals surface area contributed by atoms with Crippen LogP contribution in [0.25, 0.3) is 11.3 Å². The normalized spacial score (nSPS) is 19.4. The number of rotatable bonds is 8. The van der Waals surface area contributed by atoms with Crippen molar-refractivity contribution in [1.29, 1.82) is 0 Å². The number of nitrogens with zero attached hydrogens (tertiary/aromatic N) is 5. The van der Waals surface area contributed by atoms with E-state index >= 15 is 0 Å². The molecule has 1 aromatic carbocycles. The molecule has 1 N–H and O–H groups in total. The van der Waals surface area contributed by atoms with E-state index in [9.17, 15) is 18.3 Å². The second-order valence-electron chi connectivity index (χ2n) is 15.5. The average molecular weight is 716 g/mol. The smallest absolute Gasteiger partial charge is 0.410 e. The van der Waals surface area contributed by atoms with E-state index in [0.29, 0.717) is 54.5 Å². The molecule has 3 aliphatic heterocycles. The summed E-state index contributed by atoms with van der Waals surface area (Å²) in [7, 11) is -3.39. The van der Waals surface area contributed by atoms with Crippen LogP contribution in [-0.2, 0) is 34.3 Å². The molecule has 0 unspecified atom stereocenters. The van der Waals surface area contributed by atoms with Gasteiger partial charge in [0, 0.05) is 67.9 Å². The molecule has 1 aromatic heterocycles. The summed E-state index contributed by atoms with van der Waals surface area (Å²) in [5.74, 6) is 8.10. The van der Waals surface area contributed by atoms with Crippen molar-refractivity contribution in [2.75, 3.05) is 45.5 Å². The van der Waals surface area contributed by atoms with E-state index in [4.69, 9.17) is 21.4 Å². The number of carbonyl (C=O) groups excluding carboxylic acids is 1. The fraction of sp³-hybridized carbons (Fsp3) is 0.676. The van der Waals surface area contributed by atoms with E-state index in [-0.39, 0.29) is 12.6 Å². The summed E-state index contributed by atoms with van der Waals surface area (Å²) < 4.78 is 34.0. The SMILES string of the molecule is CC(C)CC#Cc1cc(-c2nn(C[C@@H](O)CN3CCC(C4CCN(C(=O)OC(C)(C)C)CC4)CC3)c3c2CN(S(C)(=O)=O)CC3)ccc1Cl. The zero-order valence-corrected chi connectivity index (χ0v) is 31.6. The van der Waals surface area contributed by atoms with Crippen molar-refractivity contribution in [2.24, 2.45) is 17.8 Å². The second kappa shape index (κ2) is 15.7. The number of β-amino-alcohol motifs (C(OH)–C–C–N with tert-alkyl or cyclic N) is 1. The van der Waals surface area contributed by atoms with Crippen LogP contribution in [0.3, 0.4) is 0 Å². The highest BCUT2D eigenvalue weighted by atomic mass is 35.5. The molecule has 0 bridgehead atoms. The van der Waals surface area contributed by atoms with E-state index in [1.165, 1.54) is 10.6 Å². The van der Waals surface area contributed by atoms with Crippen LogP contribution in [0, 0.1) is 29.6 Å². The number of ether oxygens (including phenoxy) is 1. The van der Waals surface area contributed by atoms with Crippen LogP contribution in [0.5, 0.6) is 0 Å². The Kier molecular flexibility index (Phi) is 12.1. The number of aromatic nitrogens is 2. The molecule has 4 heterocycles. The first-order valence-corrected chi connectivity index (χ1v) is 20.0. The maximum absolute atomic E-state index is 12.5. The van der Waals surface area contributed by atoms with Gasteiger partial charge in [0.15, 0.2) is 0 Å². The summed E-state index contributed by atoms with van der Waals surface area (Å²) in [5, 5.41) is 16.9. The van der Waals surface area contributed by atoms with Crippen LogP contribution in [0.1, 0.15) is 83.5 Å². The van der Waals surface area contributed by atoms with Crippen molar-refractivity contribution < 1.29 is 23.1 Å². The summed E-state index contributed by atoms with van der Waals surface area (Å²) in [6.07, 6.45) is 5.89. The van der Waals surface area contributed by atoms with Crippen molar-refractivity contribution in [3.8, 4) is 23.1 Å². The summed E-state index contributed by atoms with van der Waals surface area (Å²) in [6.45, 7) is 14.8. The molecular weight excluding hydrogens is 662 g/mol.